The van der Waals surface area contributed by atoms with Gasteiger partial charge in [0.2, 0.25) is 5.57 Å². The molecule has 0 saturated carbocycles. The van der Waals surface area contributed by atoms with Crippen LogP contribution >= 0.6 is 0 Å². The van der Waals surface area contributed by atoms with Crippen LogP contribution in [0.1, 0.15) is 5.56 Å². The van der Waals surface area contributed by atoms with E-state index in [2.05, 4.69) is 9.47 Å². The number of nitrogens with one attached hydrogen (secondary N) is 1. The second-order valence-electron chi connectivity index (χ2n) is 5.10. The summed E-state index contributed by atoms with van der Waals surface area (Å²) in [5.74, 6) is -5.37. The standard InChI is InChI=1S/C15H13F6NO5/c1-8-2-4-9(5-3-8)22-11(23)10(12(24)26-6-14(16,17)18)13(25)27-7-15(19,20)21/h2-5,24H,6-7H2,1H3,(H,22,23)/b12-10+. The van der Waals surface area contributed by atoms with Gasteiger partial charge in [0, 0.05) is 5.69 Å². The number of rotatable bonds is 6. The monoisotopic (exact) mass is 401 g/mol. The second kappa shape index (κ2) is 8.64. The third-order valence-corrected chi connectivity index (χ3v) is 2.69. The summed E-state index contributed by atoms with van der Waals surface area (Å²) in [5.41, 5.74) is -0.718. The molecule has 0 radical (unpaired) electrons. The van der Waals surface area contributed by atoms with Crippen molar-refractivity contribution in [2.75, 3.05) is 18.5 Å². The number of ether oxygens (including phenoxy) is 2. The topological polar surface area (TPSA) is 84.9 Å². The molecule has 0 aliphatic rings. The van der Waals surface area contributed by atoms with Gasteiger partial charge in [-0.25, -0.2) is 4.79 Å². The summed E-state index contributed by atoms with van der Waals surface area (Å²) >= 11 is 0. The van der Waals surface area contributed by atoms with E-state index in [1.165, 1.54) is 24.3 Å². The van der Waals surface area contributed by atoms with Gasteiger partial charge < -0.3 is 19.9 Å². The van der Waals surface area contributed by atoms with Gasteiger partial charge in [0.25, 0.3) is 11.9 Å². The van der Waals surface area contributed by atoms with Crippen LogP contribution < -0.4 is 5.32 Å². The van der Waals surface area contributed by atoms with Crippen molar-refractivity contribution in [3.8, 4) is 0 Å². The number of carbonyl (C=O) groups is 2. The Balaban J connectivity index is 3.05. The molecule has 6 nitrogen and oxygen atoms in total. The highest BCUT2D eigenvalue weighted by Crippen LogP contribution is 2.20. The summed E-state index contributed by atoms with van der Waals surface area (Å²) in [5, 5.41) is 11.5. The van der Waals surface area contributed by atoms with Gasteiger partial charge in [-0.15, -0.1) is 0 Å². The number of esters is 1. The van der Waals surface area contributed by atoms with Crippen LogP contribution in [-0.4, -0.2) is 42.5 Å². The van der Waals surface area contributed by atoms with Gasteiger partial charge in [0.1, 0.15) is 0 Å². The Morgan fingerprint density at radius 1 is 0.963 bits per heavy atom. The van der Waals surface area contributed by atoms with Gasteiger partial charge in [-0.1, -0.05) is 17.7 Å². The van der Waals surface area contributed by atoms with Crippen LogP contribution in [0.4, 0.5) is 32.0 Å². The largest absolute Gasteiger partial charge is 0.480 e. The lowest BCUT2D eigenvalue weighted by molar-refractivity contribution is -0.185. The van der Waals surface area contributed by atoms with Gasteiger partial charge in [-0.05, 0) is 19.1 Å². The molecule has 1 aromatic carbocycles. The number of carbonyl (C=O) groups excluding carboxylic acids is 2. The molecule has 27 heavy (non-hydrogen) atoms. The average Bonchev–Trinajstić information content (AvgIpc) is 2.52. The van der Waals surface area contributed by atoms with Crippen LogP contribution in [0.3, 0.4) is 0 Å². The van der Waals surface area contributed by atoms with Gasteiger partial charge in [0.15, 0.2) is 13.2 Å². The first kappa shape index (κ1) is 22.1. The maximum atomic E-state index is 12.1. The molecule has 0 heterocycles. The van der Waals surface area contributed by atoms with Crippen molar-refractivity contribution in [3.63, 3.8) is 0 Å². The number of benzene rings is 1. The summed E-state index contributed by atoms with van der Waals surface area (Å²) in [4.78, 5) is 23.7. The van der Waals surface area contributed by atoms with Crippen LogP contribution in [0.5, 0.6) is 0 Å². The summed E-state index contributed by atoms with van der Waals surface area (Å²) in [6.45, 7) is -2.51. The smallest absolute Gasteiger partial charge is 0.422 e. The molecule has 1 rings (SSSR count). The highest BCUT2D eigenvalue weighted by molar-refractivity contribution is 6.21. The Kier molecular flexibility index (Phi) is 7.08. The Bertz CT molecular complexity index is 709. The zero-order valence-corrected chi connectivity index (χ0v) is 13.6. The molecule has 0 unspecified atom stereocenters. The molecular weight excluding hydrogens is 388 g/mol. The first-order chi connectivity index (χ1) is 12.3. The molecule has 0 spiro atoms. The fourth-order valence-electron chi connectivity index (χ4n) is 1.55. The van der Waals surface area contributed by atoms with Gasteiger partial charge in [-0.2, -0.15) is 26.3 Å². The Labute approximate surface area is 148 Å². The molecular formula is C15H13F6NO5. The number of hydrogen-bond donors (Lipinski definition) is 2. The highest BCUT2D eigenvalue weighted by atomic mass is 19.4. The van der Waals surface area contributed by atoms with Crippen LogP contribution in [-0.2, 0) is 19.1 Å². The number of hydrogen-bond acceptors (Lipinski definition) is 5. The fourth-order valence-corrected chi connectivity index (χ4v) is 1.55. The normalized spacial score (nSPS) is 12.9. The molecule has 0 fully saturated rings. The van der Waals surface area contributed by atoms with Crippen molar-refractivity contribution in [3.05, 3.63) is 41.3 Å². The Morgan fingerprint density at radius 2 is 1.44 bits per heavy atom. The van der Waals surface area contributed by atoms with E-state index >= 15 is 0 Å². The predicted molar refractivity (Wildman–Crippen MR) is 78.5 cm³/mol. The molecule has 0 bridgehead atoms. The van der Waals surface area contributed by atoms with E-state index in [1.807, 2.05) is 5.32 Å². The first-order valence-electron chi connectivity index (χ1n) is 7.03. The maximum absolute atomic E-state index is 12.1. The number of aliphatic hydroxyl groups is 1. The molecule has 0 aliphatic carbocycles. The number of anilines is 1. The molecule has 12 heteroatoms. The minimum absolute atomic E-state index is 0.0512. The molecule has 0 saturated heterocycles. The summed E-state index contributed by atoms with van der Waals surface area (Å²) < 4.78 is 80.5. The summed E-state index contributed by atoms with van der Waals surface area (Å²) in [6, 6.07) is 5.75. The van der Waals surface area contributed by atoms with E-state index in [-0.39, 0.29) is 5.69 Å². The number of aryl methyl sites for hydroxylation is 1. The SMILES string of the molecule is Cc1ccc(NC(=O)/C(C(=O)OCC(F)(F)F)=C(/O)OCC(F)(F)F)cc1. The quantitative estimate of drug-likeness (QED) is 0.191. The predicted octanol–water partition coefficient (Wildman–Crippen LogP) is 3.39. The van der Waals surface area contributed by atoms with E-state index in [0.717, 1.165) is 5.56 Å². The Morgan fingerprint density at radius 3 is 1.93 bits per heavy atom. The molecule has 0 atom stereocenters. The zero-order valence-electron chi connectivity index (χ0n) is 13.6. The van der Waals surface area contributed by atoms with Crippen molar-refractivity contribution < 1.29 is 50.5 Å². The van der Waals surface area contributed by atoms with Gasteiger partial charge in [0.05, 0.1) is 0 Å². The van der Waals surface area contributed by atoms with Gasteiger partial charge in [-0.3, -0.25) is 4.79 Å². The molecule has 1 amide bonds. The lowest BCUT2D eigenvalue weighted by Gasteiger charge is -2.14. The van der Waals surface area contributed by atoms with Crippen molar-refractivity contribution in [1.82, 2.24) is 0 Å². The third-order valence-electron chi connectivity index (χ3n) is 2.69. The van der Waals surface area contributed by atoms with Crippen molar-refractivity contribution in [2.24, 2.45) is 0 Å². The zero-order chi connectivity index (χ0) is 20.8. The van der Waals surface area contributed by atoms with E-state index in [0.29, 0.717) is 0 Å². The molecule has 2 N–H and O–H groups in total. The lowest BCUT2D eigenvalue weighted by atomic mass is 10.2. The van der Waals surface area contributed by atoms with E-state index in [9.17, 15) is 41.0 Å². The van der Waals surface area contributed by atoms with Crippen LogP contribution in [0, 0.1) is 6.92 Å². The van der Waals surface area contributed by atoms with Crippen LogP contribution in [0.2, 0.25) is 0 Å². The van der Waals surface area contributed by atoms with Crippen LogP contribution in [0.25, 0.3) is 0 Å². The number of halogens is 6. The maximum Gasteiger partial charge on any atom is 0.422 e. The highest BCUT2D eigenvalue weighted by Gasteiger charge is 2.35. The molecule has 0 aromatic heterocycles. The first-order valence-corrected chi connectivity index (χ1v) is 7.03. The minimum atomic E-state index is -4.96. The lowest BCUT2D eigenvalue weighted by Crippen LogP contribution is -2.29. The summed E-state index contributed by atoms with van der Waals surface area (Å²) in [6.07, 6.45) is -9.90. The Hall–Kier alpha value is -2.92. The average molecular weight is 401 g/mol. The minimum Gasteiger partial charge on any atom is -0.480 e. The molecule has 0 aliphatic heterocycles. The number of alkyl halides is 6. The fraction of sp³-hybridized carbons (Fsp3) is 0.333. The van der Waals surface area contributed by atoms with E-state index < -0.39 is 49.0 Å². The van der Waals surface area contributed by atoms with E-state index in [1.54, 1.807) is 6.92 Å². The second-order valence-corrected chi connectivity index (χ2v) is 5.10. The van der Waals surface area contributed by atoms with Gasteiger partial charge >= 0.3 is 18.3 Å². The van der Waals surface area contributed by atoms with Crippen LogP contribution in [0.15, 0.2) is 35.8 Å². The van der Waals surface area contributed by atoms with E-state index in [4.69, 9.17) is 0 Å². The van der Waals surface area contributed by atoms with Crippen molar-refractivity contribution >= 4 is 17.6 Å². The molecule has 150 valence electrons. The summed E-state index contributed by atoms with van der Waals surface area (Å²) in [7, 11) is 0. The third kappa shape index (κ3) is 8.33. The number of amides is 1. The molecule has 1 aromatic rings. The van der Waals surface area contributed by atoms with Crippen molar-refractivity contribution in [2.45, 2.75) is 19.3 Å². The number of aliphatic hydroxyl groups excluding tert-OH is 1. The van der Waals surface area contributed by atoms with Crippen molar-refractivity contribution in [1.29, 1.82) is 0 Å².